The van der Waals surface area contributed by atoms with Crippen LogP contribution >= 0.6 is 10.7 Å². The molecule has 1 aromatic heterocycles. The van der Waals surface area contributed by atoms with Crippen LogP contribution in [0.15, 0.2) is 17.2 Å². The van der Waals surface area contributed by atoms with E-state index in [0.29, 0.717) is 18.2 Å². The van der Waals surface area contributed by atoms with E-state index in [4.69, 9.17) is 10.7 Å². The molecule has 0 aliphatic heterocycles. The smallest absolute Gasteiger partial charge is 0.267 e. The van der Waals surface area contributed by atoms with Crippen LogP contribution in [0.4, 0.5) is 0 Å². The first-order chi connectivity index (χ1) is 9.86. The maximum absolute atomic E-state index is 12.3. The number of carbonyl (C=O) groups is 1. The van der Waals surface area contributed by atoms with Crippen LogP contribution in [0.3, 0.4) is 0 Å². The van der Waals surface area contributed by atoms with E-state index in [1.165, 1.54) is 12.3 Å². The van der Waals surface area contributed by atoms with E-state index in [-0.39, 0.29) is 16.8 Å². The van der Waals surface area contributed by atoms with Crippen molar-refractivity contribution in [1.82, 2.24) is 9.88 Å². The zero-order valence-corrected chi connectivity index (χ0v) is 13.9. The number of carbonyl (C=O) groups excluding carboxylic acids is 1. The molecule has 0 atom stereocenters. The molecule has 1 aliphatic rings. The number of halogens is 1. The Bertz CT molecular complexity index is 616. The summed E-state index contributed by atoms with van der Waals surface area (Å²) in [5, 5.41) is 2.89. The van der Waals surface area contributed by atoms with E-state index in [1.807, 2.05) is 0 Å². The second-order valence-electron chi connectivity index (χ2n) is 5.53. The van der Waals surface area contributed by atoms with Gasteiger partial charge in [-0.1, -0.05) is 26.7 Å². The van der Waals surface area contributed by atoms with Crippen molar-refractivity contribution in [2.24, 2.45) is 5.92 Å². The lowest BCUT2D eigenvalue weighted by Gasteiger charge is -2.14. The molecule has 118 valence electrons. The van der Waals surface area contributed by atoms with Crippen LogP contribution in [0.25, 0.3) is 0 Å². The second-order valence-corrected chi connectivity index (χ2v) is 8.10. The number of rotatable bonds is 7. The summed E-state index contributed by atoms with van der Waals surface area (Å²) < 4.78 is 24.6. The summed E-state index contributed by atoms with van der Waals surface area (Å²) in [6, 6.07) is 1.58. The first-order valence-corrected chi connectivity index (χ1v) is 9.62. The van der Waals surface area contributed by atoms with Gasteiger partial charge < -0.3 is 9.88 Å². The van der Waals surface area contributed by atoms with E-state index in [2.05, 4.69) is 19.2 Å². The fourth-order valence-corrected chi connectivity index (χ4v) is 3.07. The Kier molecular flexibility index (Phi) is 4.99. The summed E-state index contributed by atoms with van der Waals surface area (Å²) >= 11 is 0. The molecule has 0 radical (unpaired) electrons. The Morgan fingerprint density at radius 2 is 2.05 bits per heavy atom. The number of aromatic nitrogens is 1. The second kappa shape index (κ2) is 6.40. The summed E-state index contributed by atoms with van der Waals surface area (Å²) in [7, 11) is 1.56. The predicted molar refractivity (Wildman–Crippen MR) is 82.1 cm³/mol. The van der Waals surface area contributed by atoms with Crippen LogP contribution in [-0.2, 0) is 9.05 Å². The maximum atomic E-state index is 12.3. The molecule has 2 rings (SSSR count). The largest absolute Gasteiger partial charge is 0.350 e. The topological polar surface area (TPSA) is 68.2 Å². The van der Waals surface area contributed by atoms with Crippen molar-refractivity contribution >= 4 is 25.6 Å². The van der Waals surface area contributed by atoms with Gasteiger partial charge in [0.2, 0.25) is 0 Å². The number of amides is 1. The van der Waals surface area contributed by atoms with Crippen LogP contribution in [0.5, 0.6) is 0 Å². The lowest BCUT2D eigenvalue weighted by Crippen LogP contribution is -2.30. The van der Waals surface area contributed by atoms with Crippen LogP contribution in [0.1, 0.15) is 56.1 Å². The molecule has 0 spiro atoms. The quantitative estimate of drug-likeness (QED) is 0.780. The molecule has 0 saturated heterocycles. The molecule has 7 heteroatoms. The van der Waals surface area contributed by atoms with E-state index in [9.17, 15) is 13.2 Å². The minimum atomic E-state index is -3.81. The Balaban J connectivity index is 2.18. The van der Waals surface area contributed by atoms with Crippen LogP contribution in [0.2, 0.25) is 0 Å². The molecule has 1 heterocycles. The number of hydrogen-bond donors (Lipinski definition) is 1. The Hall–Kier alpha value is -1.01. The van der Waals surface area contributed by atoms with Gasteiger partial charge in [-0.2, -0.15) is 0 Å². The average Bonchev–Trinajstić information content (AvgIpc) is 3.16. The van der Waals surface area contributed by atoms with Crippen LogP contribution < -0.4 is 5.32 Å². The Morgan fingerprint density at radius 1 is 1.43 bits per heavy atom. The summed E-state index contributed by atoms with van der Waals surface area (Å²) in [4.78, 5) is 12.3. The van der Waals surface area contributed by atoms with Crippen LogP contribution in [0, 0.1) is 5.92 Å². The zero-order valence-electron chi connectivity index (χ0n) is 12.3. The first kappa shape index (κ1) is 16.4. The third kappa shape index (κ3) is 4.01. The van der Waals surface area contributed by atoms with Crippen molar-refractivity contribution in [2.45, 2.75) is 50.5 Å². The van der Waals surface area contributed by atoms with Gasteiger partial charge in [0.15, 0.2) is 0 Å². The molecule has 1 N–H and O–H groups in total. The van der Waals surface area contributed by atoms with E-state index >= 15 is 0 Å². The van der Waals surface area contributed by atoms with Crippen molar-refractivity contribution in [3.63, 3.8) is 0 Å². The van der Waals surface area contributed by atoms with Gasteiger partial charge in [0.25, 0.3) is 15.0 Å². The molecular weight excluding hydrogens is 312 g/mol. The standard InChI is InChI=1S/C14H21ClN2O3S/c1-3-10(4-2)8-16-14(18)13-7-12(21(15,19)20)9-17(13)11-5-6-11/h7,9-11H,3-6,8H2,1-2H3,(H,16,18). The zero-order chi connectivity index (χ0) is 15.6. The fourth-order valence-electron chi connectivity index (χ4n) is 2.33. The molecule has 0 aromatic carbocycles. The van der Waals surface area contributed by atoms with Crippen molar-refractivity contribution in [2.75, 3.05) is 6.54 Å². The van der Waals surface area contributed by atoms with Gasteiger partial charge in [-0.3, -0.25) is 4.79 Å². The van der Waals surface area contributed by atoms with Gasteiger partial charge in [-0.15, -0.1) is 0 Å². The van der Waals surface area contributed by atoms with Crippen molar-refractivity contribution in [3.8, 4) is 0 Å². The Labute approximate surface area is 130 Å². The van der Waals surface area contributed by atoms with Gasteiger partial charge in [0.05, 0.1) is 0 Å². The van der Waals surface area contributed by atoms with Gasteiger partial charge in [-0.05, 0) is 24.8 Å². The molecule has 1 fully saturated rings. The maximum Gasteiger partial charge on any atom is 0.267 e. The number of hydrogen-bond acceptors (Lipinski definition) is 3. The third-order valence-corrected chi connectivity index (χ3v) is 5.30. The molecule has 21 heavy (non-hydrogen) atoms. The third-order valence-electron chi connectivity index (χ3n) is 3.98. The molecule has 0 unspecified atom stereocenters. The predicted octanol–water partition coefficient (Wildman–Crippen LogP) is 2.92. The highest BCUT2D eigenvalue weighted by atomic mass is 35.7. The SMILES string of the molecule is CCC(CC)CNC(=O)c1cc(S(=O)(=O)Cl)cn1C1CC1. The molecule has 0 bridgehead atoms. The van der Waals surface area contributed by atoms with Crippen LogP contribution in [-0.4, -0.2) is 25.4 Å². The van der Waals surface area contributed by atoms with Gasteiger partial charge >= 0.3 is 0 Å². The first-order valence-electron chi connectivity index (χ1n) is 7.31. The molecule has 5 nitrogen and oxygen atoms in total. The summed E-state index contributed by atoms with van der Waals surface area (Å²) in [5.74, 6) is 0.204. The summed E-state index contributed by atoms with van der Waals surface area (Å²) in [6.45, 7) is 4.78. The highest BCUT2D eigenvalue weighted by Gasteiger charge is 2.30. The molecule has 1 amide bonds. The normalized spacial score (nSPS) is 15.4. The number of nitrogens with zero attached hydrogens (tertiary/aromatic N) is 1. The average molecular weight is 333 g/mol. The van der Waals surface area contributed by atoms with E-state index < -0.39 is 9.05 Å². The van der Waals surface area contributed by atoms with Gasteiger partial charge in [0.1, 0.15) is 10.6 Å². The van der Waals surface area contributed by atoms with Crippen molar-refractivity contribution < 1.29 is 13.2 Å². The van der Waals surface area contributed by atoms with Gasteiger partial charge in [0, 0.05) is 29.5 Å². The summed E-state index contributed by atoms with van der Waals surface area (Å²) in [5.41, 5.74) is 0.377. The lowest BCUT2D eigenvalue weighted by molar-refractivity contribution is 0.0937. The molecule has 1 aromatic rings. The van der Waals surface area contributed by atoms with Crippen molar-refractivity contribution in [3.05, 3.63) is 18.0 Å². The Morgan fingerprint density at radius 3 is 2.52 bits per heavy atom. The minimum Gasteiger partial charge on any atom is -0.350 e. The lowest BCUT2D eigenvalue weighted by atomic mass is 10.0. The van der Waals surface area contributed by atoms with E-state index in [0.717, 1.165) is 25.7 Å². The fraction of sp³-hybridized carbons (Fsp3) is 0.643. The summed E-state index contributed by atoms with van der Waals surface area (Å²) in [6.07, 6.45) is 5.39. The minimum absolute atomic E-state index is 0.0104. The highest BCUT2D eigenvalue weighted by Crippen LogP contribution is 2.37. The molecular formula is C14H21ClN2O3S. The number of nitrogens with one attached hydrogen (secondary N) is 1. The van der Waals surface area contributed by atoms with Gasteiger partial charge in [-0.25, -0.2) is 8.42 Å². The van der Waals surface area contributed by atoms with E-state index in [1.54, 1.807) is 4.57 Å². The highest BCUT2D eigenvalue weighted by molar-refractivity contribution is 8.13. The molecule has 1 saturated carbocycles. The van der Waals surface area contributed by atoms with Crippen molar-refractivity contribution in [1.29, 1.82) is 0 Å². The monoisotopic (exact) mass is 332 g/mol. The molecule has 1 aliphatic carbocycles.